The Balaban J connectivity index is 1.13. The topological polar surface area (TPSA) is 105 Å². The van der Waals surface area contributed by atoms with Gasteiger partial charge >= 0.3 is 0 Å². The van der Waals surface area contributed by atoms with Crippen molar-refractivity contribution >= 4 is 40.7 Å². The van der Waals surface area contributed by atoms with Gasteiger partial charge in [-0.3, -0.25) is 19.4 Å². The molecule has 0 radical (unpaired) electrons. The molecule has 0 aliphatic carbocycles. The Labute approximate surface area is 224 Å². The zero-order chi connectivity index (χ0) is 26.5. The van der Waals surface area contributed by atoms with Crippen LogP contribution < -0.4 is 10.6 Å². The molecule has 1 aliphatic heterocycles. The van der Waals surface area contributed by atoms with E-state index in [4.69, 9.17) is 16.0 Å². The SMILES string of the molecule is O=C(Nc1ccc(C(=O)N2CCC(c3ccc(NC(=O)c4cnccc4Cl)cc3)CC2)cc1)c1ccco1. The van der Waals surface area contributed by atoms with Gasteiger partial charge in [0.25, 0.3) is 17.7 Å². The molecule has 0 atom stereocenters. The average Bonchev–Trinajstić information content (AvgIpc) is 3.49. The van der Waals surface area contributed by atoms with Gasteiger partial charge in [0.15, 0.2) is 5.76 Å². The summed E-state index contributed by atoms with van der Waals surface area (Å²) in [6.07, 6.45) is 6.11. The lowest BCUT2D eigenvalue weighted by molar-refractivity contribution is 0.0712. The van der Waals surface area contributed by atoms with Gasteiger partial charge in [-0.1, -0.05) is 23.7 Å². The van der Waals surface area contributed by atoms with Gasteiger partial charge in [-0.2, -0.15) is 0 Å². The summed E-state index contributed by atoms with van der Waals surface area (Å²) in [6, 6.07) is 19.5. The van der Waals surface area contributed by atoms with Crippen LogP contribution in [0.15, 0.2) is 89.8 Å². The Kier molecular flexibility index (Phi) is 7.51. The first-order valence-electron chi connectivity index (χ1n) is 12.2. The molecule has 2 aromatic carbocycles. The van der Waals surface area contributed by atoms with Crippen molar-refractivity contribution in [2.24, 2.45) is 0 Å². The number of hydrogen-bond acceptors (Lipinski definition) is 5. The molecule has 4 aromatic rings. The molecule has 2 aromatic heterocycles. The number of pyridine rings is 1. The quantitative estimate of drug-likeness (QED) is 0.326. The summed E-state index contributed by atoms with van der Waals surface area (Å²) in [5.41, 5.74) is 3.34. The van der Waals surface area contributed by atoms with Gasteiger partial charge in [0, 0.05) is 42.4 Å². The number of halogens is 1. The van der Waals surface area contributed by atoms with E-state index >= 15 is 0 Å². The van der Waals surface area contributed by atoms with Crippen molar-refractivity contribution in [2.75, 3.05) is 23.7 Å². The third-order valence-corrected chi connectivity index (χ3v) is 6.90. The van der Waals surface area contributed by atoms with Crippen LogP contribution in [0.4, 0.5) is 11.4 Å². The van der Waals surface area contributed by atoms with Crippen LogP contribution in [0.2, 0.25) is 5.02 Å². The second kappa shape index (κ2) is 11.3. The van der Waals surface area contributed by atoms with Crippen molar-refractivity contribution in [3.63, 3.8) is 0 Å². The molecule has 5 rings (SSSR count). The van der Waals surface area contributed by atoms with Gasteiger partial charge in [-0.15, -0.1) is 0 Å². The van der Waals surface area contributed by atoms with E-state index in [2.05, 4.69) is 15.6 Å². The second-order valence-electron chi connectivity index (χ2n) is 9.01. The number of aromatic nitrogens is 1. The first-order valence-corrected chi connectivity index (χ1v) is 12.6. The number of amides is 3. The fourth-order valence-electron chi connectivity index (χ4n) is 4.48. The lowest BCUT2D eigenvalue weighted by atomic mass is 9.89. The molecule has 1 aliphatic rings. The smallest absolute Gasteiger partial charge is 0.291 e. The predicted octanol–water partition coefficient (Wildman–Crippen LogP) is 5.85. The largest absolute Gasteiger partial charge is 0.459 e. The van der Waals surface area contributed by atoms with Crippen molar-refractivity contribution in [1.82, 2.24) is 9.88 Å². The minimum Gasteiger partial charge on any atom is -0.459 e. The number of nitrogens with zero attached hydrogens (tertiary/aromatic N) is 2. The van der Waals surface area contributed by atoms with E-state index in [0.29, 0.717) is 46.5 Å². The van der Waals surface area contributed by atoms with Gasteiger partial charge in [0.2, 0.25) is 0 Å². The normalized spacial score (nSPS) is 13.7. The Bertz CT molecular complexity index is 1430. The molecule has 192 valence electrons. The summed E-state index contributed by atoms with van der Waals surface area (Å²) in [5.74, 6) is -0.127. The van der Waals surface area contributed by atoms with Gasteiger partial charge in [-0.05, 0) is 78.9 Å². The molecular formula is C29H25ClN4O4. The van der Waals surface area contributed by atoms with Crippen molar-refractivity contribution < 1.29 is 18.8 Å². The maximum absolute atomic E-state index is 13.0. The highest BCUT2D eigenvalue weighted by Crippen LogP contribution is 2.30. The van der Waals surface area contributed by atoms with Crippen LogP contribution >= 0.6 is 11.6 Å². The first-order chi connectivity index (χ1) is 18.5. The fourth-order valence-corrected chi connectivity index (χ4v) is 4.67. The summed E-state index contributed by atoms with van der Waals surface area (Å²) in [6.45, 7) is 1.30. The molecule has 1 fully saturated rings. The Morgan fingerprint density at radius 3 is 2.16 bits per heavy atom. The lowest BCUT2D eigenvalue weighted by Gasteiger charge is -2.32. The highest BCUT2D eigenvalue weighted by atomic mass is 35.5. The first kappa shape index (κ1) is 25.2. The van der Waals surface area contributed by atoms with E-state index in [1.807, 2.05) is 29.2 Å². The summed E-state index contributed by atoms with van der Waals surface area (Å²) in [4.78, 5) is 43.4. The molecule has 38 heavy (non-hydrogen) atoms. The second-order valence-corrected chi connectivity index (χ2v) is 9.41. The van der Waals surface area contributed by atoms with Gasteiger partial charge in [0.1, 0.15) is 0 Å². The highest BCUT2D eigenvalue weighted by Gasteiger charge is 2.25. The number of anilines is 2. The zero-order valence-electron chi connectivity index (χ0n) is 20.4. The molecule has 0 spiro atoms. The van der Waals surface area contributed by atoms with Crippen LogP contribution in [0.3, 0.4) is 0 Å². The molecule has 0 bridgehead atoms. The van der Waals surface area contributed by atoms with E-state index in [1.165, 1.54) is 24.2 Å². The molecule has 2 N–H and O–H groups in total. The number of rotatable bonds is 6. The van der Waals surface area contributed by atoms with Crippen molar-refractivity contribution in [3.8, 4) is 0 Å². The fraction of sp³-hybridized carbons (Fsp3) is 0.172. The summed E-state index contributed by atoms with van der Waals surface area (Å²) >= 11 is 6.08. The maximum Gasteiger partial charge on any atom is 0.291 e. The van der Waals surface area contributed by atoms with E-state index < -0.39 is 0 Å². The molecule has 3 heterocycles. The molecule has 0 saturated carbocycles. The molecule has 8 nitrogen and oxygen atoms in total. The lowest BCUT2D eigenvalue weighted by Crippen LogP contribution is -2.37. The van der Waals surface area contributed by atoms with Crippen LogP contribution in [0.5, 0.6) is 0 Å². The maximum atomic E-state index is 13.0. The zero-order valence-corrected chi connectivity index (χ0v) is 21.1. The summed E-state index contributed by atoms with van der Waals surface area (Å²) in [5, 5.41) is 5.95. The average molecular weight is 529 g/mol. The number of carbonyl (C=O) groups is 3. The molecule has 3 amide bonds. The number of piperidine rings is 1. The van der Waals surface area contributed by atoms with Crippen molar-refractivity contribution in [2.45, 2.75) is 18.8 Å². The monoisotopic (exact) mass is 528 g/mol. The Morgan fingerprint density at radius 1 is 0.868 bits per heavy atom. The summed E-state index contributed by atoms with van der Waals surface area (Å²) in [7, 11) is 0. The Hall–Kier alpha value is -4.43. The minimum absolute atomic E-state index is 0.0283. The third-order valence-electron chi connectivity index (χ3n) is 6.57. The summed E-state index contributed by atoms with van der Waals surface area (Å²) < 4.78 is 5.09. The molecule has 9 heteroatoms. The number of nitrogens with one attached hydrogen (secondary N) is 2. The molecular weight excluding hydrogens is 504 g/mol. The van der Waals surface area contributed by atoms with Crippen LogP contribution in [-0.2, 0) is 0 Å². The van der Waals surface area contributed by atoms with E-state index in [-0.39, 0.29) is 23.5 Å². The number of carbonyl (C=O) groups excluding carboxylic acids is 3. The minimum atomic E-state index is -0.343. The van der Waals surface area contributed by atoms with E-state index in [1.54, 1.807) is 42.5 Å². The predicted molar refractivity (Wildman–Crippen MR) is 145 cm³/mol. The van der Waals surface area contributed by atoms with Crippen molar-refractivity contribution in [3.05, 3.63) is 113 Å². The van der Waals surface area contributed by atoms with Crippen LogP contribution in [0.25, 0.3) is 0 Å². The Morgan fingerprint density at radius 2 is 1.53 bits per heavy atom. The van der Waals surface area contributed by atoms with Crippen LogP contribution in [0, 0.1) is 0 Å². The molecule has 0 unspecified atom stereocenters. The van der Waals surface area contributed by atoms with Crippen LogP contribution in [-0.4, -0.2) is 40.7 Å². The van der Waals surface area contributed by atoms with Gasteiger partial charge < -0.3 is 20.0 Å². The number of hydrogen-bond donors (Lipinski definition) is 2. The molecule has 1 saturated heterocycles. The number of likely N-dealkylation sites (tertiary alicyclic amines) is 1. The van der Waals surface area contributed by atoms with Gasteiger partial charge in [-0.25, -0.2) is 0 Å². The third kappa shape index (κ3) is 5.76. The van der Waals surface area contributed by atoms with Crippen molar-refractivity contribution in [1.29, 1.82) is 0 Å². The number of furan rings is 1. The highest BCUT2D eigenvalue weighted by molar-refractivity contribution is 6.34. The van der Waals surface area contributed by atoms with Crippen LogP contribution in [0.1, 0.15) is 55.6 Å². The van der Waals surface area contributed by atoms with Gasteiger partial charge in [0.05, 0.1) is 16.8 Å². The van der Waals surface area contributed by atoms with E-state index in [0.717, 1.165) is 12.8 Å². The standard InChI is InChI=1S/C29H25ClN4O4/c30-25-11-14-31-18-24(25)27(35)32-22-7-3-19(4-8-22)20-12-15-34(16-13-20)29(37)21-5-9-23(10-6-21)33-28(36)26-2-1-17-38-26/h1-11,14,17-18,20H,12-13,15-16H2,(H,32,35)(H,33,36). The number of benzene rings is 2. The van der Waals surface area contributed by atoms with E-state index in [9.17, 15) is 14.4 Å².